The third-order valence-corrected chi connectivity index (χ3v) is 5.74. The zero-order valence-corrected chi connectivity index (χ0v) is 15.9. The van der Waals surface area contributed by atoms with Crippen LogP contribution in [0.5, 0.6) is 0 Å². The Morgan fingerprint density at radius 3 is 2.64 bits per heavy atom. The molecule has 0 amide bonds. The van der Waals surface area contributed by atoms with Gasteiger partial charge in [0.1, 0.15) is 5.58 Å². The summed E-state index contributed by atoms with van der Waals surface area (Å²) in [6.07, 6.45) is 3.15. The van der Waals surface area contributed by atoms with Gasteiger partial charge in [0.05, 0.1) is 0 Å². The van der Waals surface area contributed by atoms with Gasteiger partial charge in [-0.3, -0.25) is 4.79 Å². The fourth-order valence-corrected chi connectivity index (χ4v) is 3.87. The van der Waals surface area contributed by atoms with Gasteiger partial charge in [-0.05, 0) is 63.0 Å². The minimum absolute atomic E-state index is 0.0596. The number of benzene rings is 1. The number of furan rings is 1. The summed E-state index contributed by atoms with van der Waals surface area (Å²) in [6.45, 7) is 9.66. The Balaban J connectivity index is 1.99. The highest BCUT2D eigenvalue weighted by Gasteiger charge is 2.27. The molecular weight excluding hydrogens is 312 g/mol. The Morgan fingerprint density at radius 2 is 2.04 bits per heavy atom. The summed E-state index contributed by atoms with van der Waals surface area (Å²) in [5, 5.41) is 4.33. The number of fused-ring (bicyclic) bond motifs is 1. The molecule has 0 saturated carbocycles. The van der Waals surface area contributed by atoms with Gasteiger partial charge in [-0.25, -0.2) is 0 Å². The lowest BCUT2D eigenvalue weighted by molar-refractivity contribution is 0.0927. The molecule has 1 unspecified atom stereocenters. The van der Waals surface area contributed by atoms with Crippen molar-refractivity contribution in [1.29, 1.82) is 0 Å². The van der Waals surface area contributed by atoms with Gasteiger partial charge >= 0.3 is 0 Å². The van der Waals surface area contributed by atoms with Crippen LogP contribution in [0.1, 0.15) is 61.9 Å². The first-order valence-electron chi connectivity index (χ1n) is 9.59. The van der Waals surface area contributed by atoms with Gasteiger partial charge in [0.2, 0.25) is 0 Å². The van der Waals surface area contributed by atoms with E-state index < -0.39 is 0 Å². The van der Waals surface area contributed by atoms with Crippen LogP contribution in [0.4, 0.5) is 5.88 Å². The Hall–Kier alpha value is -1.81. The normalized spacial score (nSPS) is 17.8. The van der Waals surface area contributed by atoms with E-state index in [0.29, 0.717) is 5.92 Å². The van der Waals surface area contributed by atoms with Crippen LogP contribution in [0, 0.1) is 5.92 Å². The van der Waals surface area contributed by atoms with E-state index in [9.17, 15) is 4.79 Å². The van der Waals surface area contributed by atoms with Crippen molar-refractivity contribution in [1.82, 2.24) is 4.90 Å². The Labute approximate surface area is 150 Å². The van der Waals surface area contributed by atoms with Crippen molar-refractivity contribution < 1.29 is 9.21 Å². The standard InChI is InChI=1S/C21H30N2O2/c1-5-14(3)20(24)16-7-8-18-17(13-16)19(21(22-4)25-18)15-9-11-23(6-2)12-10-15/h7-8,13-15,22H,5-6,9-12H2,1-4H3. The summed E-state index contributed by atoms with van der Waals surface area (Å²) in [7, 11) is 1.91. The van der Waals surface area contributed by atoms with Crippen LogP contribution in [0.3, 0.4) is 0 Å². The third kappa shape index (κ3) is 3.45. The zero-order valence-electron chi connectivity index (χ0n) is 15.9. The molecule has 4 heteroatoms. The molecule has 0 bridgehead atoms. The van der Waals surface area contributed by atoms with Crippen LogP contribution < -0.4 is 5.32 Å². The maximum Gasteiger partial charge on any atom is 0.197 e. The lowest BCUT2D eigenvalue weighted by Crippen LogP contribution is -2.32. The second-order valence-electron chi connectivity index (χ2n) is 7.19. The van der Waals surface area contributed by atoms with Crippen molar-refractivity contribution in [3.8, 4) is 0 Å². The summed E-state index contributed by atoms with van der Waals surface area (Å²) < 4.78 is 6.04. The molecule has 1 aromatic heterocycles. The Morgan fingerprint density at radius 1 is 1.32 bits per heavy atom. The number of carbonyl (C=O) groups is 1. The number of ketones is 1. The number of nitrogens with zero attached hydrogens (tertiary/aromatic N) is 1. The van der Waals surface area contributed by atoms with Crippen LogP contribution in [0.15, 0.2) is 22.6 Å². The number of likely N-dealkylation sites (tertiary alicyclic amines) is 1. The minimum atomic E-state index is 0.0596. The highest BCUT2D eigenvalue weighted by Crippen LogP contribution is 2.40. The van der Waals surface area contributed by atoms with E-state index in [2.05, 4.69) is 30.1 Å². The van der Waals surface area contributed by atoms with Crippen molar-refractivity contribution in [3.63, 3.8) is 0 Å². The van der Waals surface area contributed by atoms with Crippen molar-refractivity contribution >= 4 is 22.6 Å². The average molecular weight is 342 g/mol. The quantitative estimate of drug-likeness (QED) is 0.758. The second kappa shape index (κ2) is 7.61. The summed E-state index contributed by atoms with van der Waals surface area (Å²) in [5.74, 6) is 1.63. The predicted octanol–water partition coefficient (Wildman–Crippen LogP) is 4.90. The SMILES string of the molecule is CCC(C)C(=O)c1ccc2oc(NC)c(C3CCN(CC)CC3)c2c1. The van der Waals surface area contributed by atoms with Gasteiger partial charge in [0.15, 0.2) is 11.7 Å². The maximum absolute atomic E-state index is 12.6. The van der Waals surface area contributed by atoms with E-state index in [1.54, 1.807) is 0 Å². The molecule has 1 aromatic carbocycles. The van der Waals surface area contributed by atoms with Crippen LogP contribution in [0.25, 0.3) is 11.0 Å². The van der Waals surface area contributed by atoms with E-state index in [1.807, 2.05) is 26.1 Å². The van der Waals surface area contributed by atoms with Crippen LogP contribution in [-0.4, -0.2) is 37.4 Å². The summed E-state index contributed by atoms with van der Waals surface area (Å²) in [6, 6.07) is 5.91. The van der Waals surface area contributed by atoms with Gasteiger partial charge in [0.25, 0.3) is 0 Å². The molecule has 1 aliphatic rings. The predicted molar refractivity (Wildman–Crippen MR) is 104 cm³/mol. The lowest BCUT2D eigenvalue weighted by atomic mass is 9.87. The number of hydrogen-bond donors (Lipinski definition) is 1. The summed E-state index contributed by atoms with van der Waals surface area (Å²) in [4.78, 5) is 15.1. The molecule has 1 fully saturated rings. The molecular formula is C21H30N2O2. The van der Waals surface area contributed by atoms with E-state index in [-0.39, 0.29) is 11.7 Å². The molecule has 0 radical (unpaired) electrons. The van der Waals surface area contributed by atoms with E-state index in [4.69, 9.17) is 4.42 Å². The second-order valence-corrected chi connectivity index (χ2v) is 7.19. The van der Waals surface area contributed by atoms with Crippen molar-refractivity contribution in [3.05, 3.63) is 29.3 Å². The molecule has 4 nitrogen and oxygen atoms in total. The third-order valence-electron chi connectivity index (χ3n) is 5.74. The molecule has 1 saturated heterocycles. The van der Waals surface area contributed by atoms with Gasteiger partial charge in [0, 0.05) is 29.5 Å². The Kier molecular flexibility index (Phi) is 5.48. The fourth-order valence-electron chi connectivity index (χ4n) is 3.87. The smallest absolute Gasteiger partial charge is 0.197 e. The van der Waals surface area contributed by atoms with Crippen LogP contribution >= 0.6 is 0 Å². The molecule has 1 aliphatic heterocycles. The maximum atomic E-state index is 12.6. The molecule has 1 atom stereocenters. The van der Waals surface area contributed by atoms with Crippen molar-refractivity contribution in [2.45, 2.75) is 46.0 Å². The molecule has 0 aliphatic carbocycles. The monoisotopic (exact) mass is 342 g/mol. The molecule has 136 valence electrons. The fraction of sp³-hybridized carbons (Fsp3) is 0.571. The lowest BCUT2D eigenvalue weighted by Gasteiger charge is -2.31. The average Bonchev–Trinajstić information content (AvgIpc) is 3.04. The first-order valence-corrected chi connectivity index (χ1v) is 9.59. The van der Waals surface area contributed by atoms with Gasteiger partial charge in [-0.1, -0.05) is 20.8 Å². The van der Waals surface area contributed by atoms with E-state index >= 15 is 0 Å². The van der Waals surface area contributed by atoms with Crippen LogP contribution in [-0.2, 0) is 0 Å². The van der Waals surface area contributed by atoms with E-state index in [1.165, 1.54) is 5.56 Å². The van der Waals surface area contributed by atoms with Crippen molar-refractivity contribution in [2.75, 3.05) is 32.0 Å². The number of Topliss-reactive ketones (excluding diaryl/α,β-unsaturated/α-hetero) is 1. The number of piperidine rings is 1. The first kappa shape index (κ1) is 18.0. The number of nitrogens with one attached hydrogen (secondary N) is 1. The number of carbonyl (C=O) groups excluding carboxylic acids is 1. The van der Waals surface area contributed by atoms with Gasteiger partial charge in [-0.15, -0.1) is 0 Å². The Bertz CT molecular complexity index is 742. The minimum Gasteiger partial charge on any atom is -0.440 e. The number of hydrogen-bond acceptors (Lipinski definition) is 4. The highest BCUT2D eigenvalue weighted by atomic mass is 16.3. The van der Waals surface area contributed by atoms with Crippen molar-refractivity contribution in [2.24, 2.45) is 5.92 Å². The van der Waals surface area contributed by atoms with E-state index in [0.717, 1.165) is 61.3 Å². The number of rotatable bonds is 6. The van der Waals surface area contributed by atoms with Gasteiger partial charge < -0.3 is 14.6 Å². The molecule has 2 heterocycles. The zero-order chi connectivity index (χ0) is 18.0. The first-order chi connectivity index (χ1) is 12.1. The van der Waals surface area contributed by atoms with Gasteiger partial charge in [-0.2, -0.15) is 0 Å². The molecule has 0 spiro atoms. The molecule has 1 N–H and O–H groups in total. The topological polar surface area (TPSA) is 45.5 Å². The van der Waals surface area contributed by atoms with Crippen LogP contribution in [0.2, 0.25) is 0 Å². The largest absolute Gasteiger partial charge is 0.440 e. The molecule has 25 heavy (non-hydrogen) atoms. The summed E-state index contributed by atoms with van der Waals surface area (Å²) >= 11 is 0. The highest BCUT2D eigenvalue weighted by molar-refractivity contribution is 6.01. The molecule has 2 aromatic rings. The summed E-state index contributed by atoms with van der Waals surface area (Å²) in [5.41, 5.74) is 2.93. The number of anilines is 1. The molecule has 3 rings (SSSR count).